The lowest BCUT2D eigenvalue weighted by Gasteiger charge is -2.30. The zero-order chi connectivity index (χ0) is 19.4. The molecule has 1 unspecified atom stereocenters. The van der Waals surface area contributed by atoms with Gasteiger partial charge in [0.2, 0.25) is 5.88 Å². The summed E-state index contributed by atoms with van der Waals surface area (Å²) in [6.45, 7) is 0. The molecular weight excluding hydrogens is 352 g/mol. The van der Waals surface area contributed by atoms with Crippen LogP contribution < -0.4 is 16.0 Å². The van der Waals surface area contributed by atoms with Crippen molar-refractivity contribution in [3.8, 4) is 11.6 Å². The fraction of sp³-hybridized carbons (Fsp3) is 0.130. The second kappa shape index (κ2) is 5.96. The Labute approximate surface area is 161 Å². The first-order valence-corrected chi connectivity index (χ1v) is 9.12. The molecule has 0 aliphatic carbocycles. The van der Waals surface area contributed by atoms with Crippen LogP contribution in [0.25, 0.3) is 10.8 Å². The lowest BCUT2D eigenvalue weighted by Crippen LogP contribution is -2.41. The number of hydrogen-bond acceptors (Lipinski definition) is 3. The minimum Gasteiger partial charge on any atom is -0.440 e. The van der Waals surface area contributed by atoms with Crippen molar-refractivity contribution in [3.63, 3.8) is 0 Å². The van der Waals surface area contributed by atoms with E-state index in [2.05, 4.69) is 0 Å². The maximum atomic E-state index is 13.2. The van der Waals surface area contributed by atoms with Gasteiger partial charge in [-0.25, -0.2) is 4.79 Å². The van der Waals surface area contributed by atoms with Crippen LogP contribution in [-0.4, -0.2) is 9.13 Å². The molecular formula is C23H18N2O3. The van der Waals surface area contributed by atoms with Crippen LogP contribution in [-0.2, 0) is 14.1 Å². The number of fused-ring (bicyclic) bond motifs is 4. The summed E-state index contributed by atoms with van der Waals surface area (Å²) in [7, 11) is 3.14. The van der Waals surface area contributed by atoms with Crippen molar-refractivity contribution in [1.82, 2.24) is 9.13 Å². The fourth-order valence-electron chi connectivity index (χ4n) is 4.11. The maximum absolute atomic E-state index is 13.2. The highest BCUT2D eigenvalue weighted by Crippen LogP contribution is 2.48. The number of aromatic nitrogens is 2. The molecule has 1 aromatic heterocycles. The Kier molecular flexibility index (Phi) is 3.52. The van der Waals surface area contributed by atoms with Crippen LogP contribution in [0, 0.1) is 0 Å². The van der Waals surface area contributed by atoms with Crippen LogP contribution in [0.5, 0.6) is 11.6 Å². The standard InChI is InChI=1S/C23H18N2O3/c1-24-21(26)20-18(15-9-4-3-5-10-15)19-16-11-7-6-8-14(16)12-13-17(19)28-22(20)25(2)23(24)27/h3-13,18H,1-2H3. The molecule has 1 aliphatic rings. The Bertz CT molecular complexity index is 1350. The van der Waals surface area contributed by atoms with Gasteiger partial charge in [-0.15, -0.1) is 0 Å². The average Bonchev–Trinajstić information content (AvgIpc) is 2.75. The summed E-state index contributed by atoms with van der Waals surface area (Å²) in [4.78, 5) is 25.7. The van der Waals surface area contributed by atoms with E-state index in [4.69, 9.17) is 4.74 Å². The van der Waals surface area contributed by atoms with Gasteiger partial charge < -0.3 is 4.74 Å². The minimum atomic E-state index is -0.403. The molecule has 0 amide bonds. The third-order valence-electron chi connectivity index (χ3n) is 5.49. The van der Waals surface area contributed by atoms with Gasteiger partial charge in [-0.05, 0) is 22.4 Å². The summed E-state index contributed by atoms with van der Waals surface area (Å²) in [5.41, 5.74) is 1.69. The predicted octanol–water partition coefficient (Wildman–Crippen LogP) is 3.52. The summed E-state index contributed by atoms with van der Waals surface area (Å²) in [5, 5.41) is 2.12. The molecule has 5 nitrogen and oxygen atoms in total. The second-order valence-corrected chi connectivity index (χ2v) is 7.07. The van der Waals surface area contributed by atoms with E-state index in [1.807, 2.05) is 66.7 Å². The van der Waals surface area contributed by atoms with Crippen LogP contribution in [0.3, 0.4) is 0 Å². The van der Waals surface area contributed by atoms with Crippen LogP contribution in [0.1, 0.15) is 22.6 Å². The molecule has 0 spiro atoms. The van der Waals surface area contributed by atoms with E-state index < -0.39 is 5.69 Å². The number of rotatable bonds is 1. The van der Waals surface area contributed by atoms with Crippen LogP contribution in [0.15, 0.2) is 76.3 Å². The van der Waals surface area contributed by atoms with Gasteiger partial charge in [0, 0.05) is 25.6 Å². The van der Waals surface area contributed by atoms with Crippen molar-refractivity contribution in [2.24, 2.45) is 14.1 Å². The van der Waals surface area contributed by atoms with E-state index in [0.29, 0.717) is 17.2 Å². The molecule has 1 aliphatic heterocycles. The highest BCUT2D eigenvalue weighted by molar-refractivity contribution is 5.90. The quantitative estimate of drug-likeness (QED) is 0.454. The molecule has 0 bridgehead atoms. The van der Waals surface area contributed by atoms with Crippen LogP contribution in [0.4, 0.5) is 0 Å². The zero-order valence-corrected chi connectivity index (χ0v) is 15.5. The molecule has 5 rings (SSSR count). The third-order valence-corrected chi connectivity index (χ3v) is 5.49. The van der Waals surface area contributed by atoms with E-state index in [-0.39, 0.29) is 11.5 Å². The second-order valence-electron chi connectivity index (χ2n) is 7.07. The summed E-state index contributed by atoms with van der Waals surface area (Å²) in [6.07, 6.45) is 0. The predicted molar refractivity (Wildman–Crippen MR) is 108 cm³/mol. The highest BCUT2D eigenvalue weighted by atomic mass is 16.5. The zero-order valence-electron chi connectivity index (χ0n) is 15.5. The smallest absolute Gasteiger partial charge is 0.333 e. The molecule has 0 radical (unpaired) electrons. The molecule has 5 heteroatoms. The molecule has 28 heavy (non-hydrogen) atoms. The molecule has 138 valence electrons. The number of nitrogens with zero attached hydrogens (tertiary/aromatic N) is 2. The molecule has 2 heterocycles. The average molecular weight is 370 g/mol. The SMILES string of the molecule is Cn1c2c(c(=O)n(C)c1=O)C(c1ccccc1)c1c(ccc3ccccc13)O2. The van der Waals surface area contributed by atoms with Crippen molar-refractivity contribution >= 4 is 10.8 Å². The van der Waals surface area contributed by atoms with Gasteiger partial charge in [0.15, 0.2) is 0 Å². The summed E-state index contributed by atoms with van der Waals surface area (Å²) in [5.74, 6) is 0.657. The third kappa shape index (κ3) is 2.19. The van der Waals surface area contributed by atoms with Crippen molar-refractivity contribution in [2.45, 2.75) is 5.92 Å². The van der Waals surface area contributed by atoms with E-state index in [9.17, 15) is 9.59 Å². The Morgan fingerprint density at radius 2 is 1.50 bits per heavy atom. The Morgan fingerprint density at radius 1 is 0.786 bits per heavy atom. The van der Waals surface area contributed by atoms with Crippen LogP contribution in [0.2, 0.25) is 0 Å². The Balaban J connectivity index is 1.96. The summed E-state index contributed by atoms with van der Waals surface area (Å²) in [6, 6.07) is 21.9. The van der Waals surface area contributed by atoms with Gasteiger partial charge in [-0.3, -0.25) is 13.9 Å². The molecule has 0 N–H and O–H groups in total. The number of hydrogen-bond donors (Lipinski definition) is 0. The van der Waals surface area contributed by atoms with Gasteiger partial charge in [-0.1, -0.05) is 60.7 Å². The molecule has 3 aromatic carbocycles. The van der Waals surface area contributed by atoms with Crippen molar-refractivity contribution < 1.29 is 4.74 Å². The molecule has 0 saturated heterocycles. The summed E-state index contributed by atoms with van der Waals surface area (Å²) < 4.78 is 8.69. The van der Waals surface area contributed by atoms with E-state index >= 15 is 0 Å². The van der Waals surface area contributed by atoms with Gasteiger partial charge in [0.25, 0.3) is 5.56 Å². The number of ether oxygens (including phenoxy) is 1. The van der Waals surface area contributed by atoms with E-state index in [1.165, 1.54) is 11.6 Å². The fourth-order valence-corrected chi connectivity index (χ4v) is 4.11. The number of benzene rings is 3. The van der Waals surface area contributed by atoms with Gasteiger partial charge in [-0.2, -0.15) is 0 Å². The van der Waals surface area contributed by atoms with Crippen molar-refractivity contribution in [3.05, 3.63) is 104 Å². The first-order chi connectivity index (χ1) is 13.6. The lowest BCUT2D eigenvalue weighted by molar-refractivity contribution is 0.396. The van der Waals surface area contributed by atoms with Crippen LogP contribution >= 0.6 is 0 Å². The van der Waals surface area contributed by atoms with E-state index in [1.54, 1.807) is 7.05 Å². The first-order valence-electron chi connectivity index (χ1n) is 9.12. The normalized spacial score (nSPS) is 15.0. The minimum absolute atomic E-state index is 0.310. The molecule has 0 fully saturated rings. The maximum Gasteiger partial charge on any atom is 0.333 e. The van der Waals surface area contributed by atoms with Gasteiger partial charge in [0.05, 0.1) is 5.56 Å². The summed E-state index contributed by atoms with van der Waals surface area (Å²) >= 11 is 0. The lowest BCUT2D eigenvalue weighted by atomic mass is 9.81. The van der Waals surface area contributed by atoms with Gasteiger partial charge in [0.1, 0.15) is 5.75 Å². The van der Waals surface area contributed by atoms with Crippen molar-refractivity contribution in [1.29, 1.82) is 0 Å². The first kappa shape index (κ1) is 16.6. The Morgan fingerprint density at radius 3 is 2.29 bits per heavy atom. The molecule has 0 saturated carbocycles. The molecule has 4 aromatic rings. The van der Waals surface area contributed by atoms with Gasteiger partial charge >= 0.3 is 5.69 Å². The topological polar surface area (TPSA) is 53.2 Å². The largest absolute Gasteiger partial charge is 0.440 e. The monoisotopic (exact) mass is 370 g/mol. The Hall–Kier alpha value is -3.60. The molecule has 1 atom stereocenters. The van der Waals surface area contributed by atoms with E-state index in [0.717, 1.165) is 26.5 Å². The highest BCUT2D eigenvalue weighted by Gasteiger charge is 2.35. The van der Waals surface area contributed by atoms with Crippen molar-refractivity contribution in [2.75, 3.05) is 0 Å².